The molecule has 0 bridgehead atoms. The number of piperazine rings is 1. The summed E-state index contributed by atoms with van der Waals surface area (Å²) in [6.45, 7) is 1.17. The number of aliphatic carboxylic acids is 1. The second-order valence-corrected chi connectivity index (χ2v) is 6.64. The molecule has 1 aliphatic rings. The summed E-state index contributed by atoms with van der Waals surface area (Å²) in [7, 11) is -0.203. The van der Waals surface area contributed by atoms with Gasteiger partial charge in [0.1, 0.15) is 0 Å². The van der Waals surface area contributed by atoms with E-state index in [-0.39, 0.29) is 25.5 Å². The summed E-state index contributed by atoms with van der Waals surface area (Å²) in [4.78, 5) is 25.6. The number of hydrogen-bond donors (Lipinski definition) is 1. The molecule has 0 radical (unpaired) electrons. The molecule has 0 unspecified atom stereocenters. The van der Waals surface area contributed by atoms with Crippen LogP contribution in [0.4, 0.5) is 0 Å². The smallest absolute Gasteiger partial charge is 0.320 e. The standard InChI is InChI=1S/C10H19N3O5S/c1-11(2)7-9(14)12-3-5-13(6-4-12)19(17,18)8-10(15)16/h3-8H2,1-2H3,(H,15,16). The lowest BCUT2D eigenvalue weighted by molar-refractivity contribution is -0.135. The molecule has 8 nitrogen and oxygen atoms in total. The van der Waals surface area contributed by atoms with Gasteiger partial charge in [0.15, 0.2) is 5.75 Å². The van der Waals surface area contributed by atoms with E-state index in [1.807, 2.05) is 0 Å². The van der Waals surface area contributed by atoms with Gasteiger partial charge >= 0.3 is 5.97 Å². The molecule has 1 saturated heterocycles. The third-order valence-corrected chi connectivity index (χ3v) is 4.51. The lowest BCUT2D eigenvalue weighted by Gasteiger charge is -2.34. The van der Waals surface area contributed by atoms with E-state index in [4.69, 9.17) is 5.11 Å². The van der Waals surface area contributed by atoms with Crippen LogP contribution >= 0.6 is 0 Å². The first-order valence-corrected chi connectivity index (χ1v) is 7.45. The molecule has 110 valence electrons. The van der Waals surface area contributed by atoms with Crippen LogP contribution in [0.2, 0.25) is 0 Å². The summed E-state index contributed by atoms with van der Waals surface area (Å²) in [5.41, 5.74) is 0. The Bertz CT molecular complexity index is 440. The molecule has 1 aliphatic heterocycles. The van der Waals surface area contributed by atoms with E-state index in [0.717, 1.165) is 4.31 Å². The number of amides is 1. The van der Waals surface area contributed by atoms with Crippen LogP contribution in [0.15, 0.2) is 0 Å². The summed E-state index contributed by atoms with van der Waals surface area (Å²) >= 11 is 0. The monoisotopic (exact) mass is 293 g/mol. The Hall–Kier alpha value is -1.19. The molecule has 0 saturated carbocycles. The molecule has 0 aliphatic carbocycles. The quantitative estimate of drug-likeness (QED) is 0.636. The highest BCUT2D eigenvalue weighted by Crippen LogP contribution is 2.08. The third kappa shape index (κ3) is 4.77. The molecule has 1 N–H and O–H groups in total. The van der Waals surface area contributed by atoms with E-state index in [2.05, 4.69) is 0 Å². The van der Waals surface area contributed by atoms with Crippen molar-refractivity contribution in [3.63, 3.8) is 0 Å². The molecule has 0 aromatic heterocycles. The number of sulfonamides is 1. The van der Waals surface area contributed by atoms with Gasteiger partial charge in [-0.3, -0.25) is 9.59 Å². The molecule has 0 aromatic carbocycles. The Morgan fingerprint density at radius 3 is 2.11 bits per heavy atom. The first-order valence-electron chi connectivity index (χ1n) is 5.84. The van der Waals surface area contributed by atoms with Crippen molar-refractivity contribution in [2.75, 3.05) is 52.6 Å². The minimum atomic E-state index is -3.77. The van der Waals surface area contributed by atoms with Crippen molar-refractivity contribution in [2.45, 2.75) is 0 Å². The van der Waals surface area contributed by atoms with Crippen LogP contribution in [-0.4, -0.2) is 92.1 Å². The molecule has 0 spiro atoms. The number of carboxylic acid groups (broad SMARTS) is 1. The maximum atomic E-state index is 11.8. The van der Waals surface area contributed by atoms with E-state index < -0.39 is 21.7 Å². The predicted molar refractivity (Wildman–Crippen MR) is 68.1 cm³/mol. The fourth-order valence-corrected chi connectivity index (χ4v) is 3.05. The van der Waals surface area contributed by atoms with Gasteiger partial charge in [0.2, 0.25) is 15.9 Å². The molecular formula is C10H19N3O5S. The predicted octanol–water partition coefficient (Wildman–Crippen LogP) is -1.89. The Kier molecular flexibility index (Phi) is 5.27. The van der Waals surface area contributed by atoms with Crippen LogP contribution in [0, 0.1) is 0 Å². The van der Waals surface area contributed by atoms with Crippen LogP contribution in [0.25, 0.3) is 0 Å². The molecule has 9 heteroatoms. The zero-order chi connectivity index (χ0) is 14.6. The fraction of sp³-hybridized carbons (Fsp3) is 0.800. The number of carboxylic acids is 1. The average Bonchev–Trinajstić information content (AvgIpc) is 2.26. The SMILES string of the molecule is CN(C)CC(=O)N1CCN(S(=O)(=O)CC(=O)O)CC1. The van der Waals surface area contributed by atoms with E-state index in [1.165, 1.54) is 0 Å². The molecule has 1 rings (SSSR count). The maximum absolute atomic E-state index is 11.8. The number of nitrogens with zero attached hydrogens (tertiary/aromatic N) is 3. The van der Waals surface area contributed by atoms with Gasteiger partial charge in [-0.1, -0.05) is 0 Å². The normalized spacial score (nSPS) is 17.7. The van der Waals surface area contributed by atoms with Crippen LogP contribution in [0.3, 0.4) is 0 Å². The Balaban J connectivity index is 2.53. The summed E-state index contributed by atoms with van der Waals surface area (Å²) in [5, 5.41) is 8.54. The highest BCUT2D eigenvalue weighted by molar-refractivity contribution is 7.89. The van der Waals surface area contributed by atoms with Crippen LogP contribution < -0.4 is 0 Å². The number of carbonyl (C=O) groups is 2. The minimum absolute atomic E-state index is 0.0553. The van der Waals surface area contributed by atoms with Crippen molar-refractivity contribution in [3.8, 4) is 0 Å². The van der Waals surface area contributed by atoms with Gasteiger partial charge in [0.25, 0.3) is 0 Å². The van der Waals surface area contributed by atoms with Gasteiger partial charge in [-0.2, -0.15) is 4.31 Å². The molecule has 1 amide bonds. The number of rotatable bonds is 5. The van der Waals surface area contributed by atoms with Gasteiger partial charge < -0.3 is 14.9 Å². The number of hydrogen-bond acceptors (Lipinski definition) is 5. The summed E-state index contributed by atoms with van der Waals surface area (Å²) < 4.78 is 24.5. The van der Waals surface area contributed by atoms with Gasteiger partial charge in [0, 0.05) is 26.2 Å². The molecule has 0 atom stereocenters. The summed E-state index contributed by atoms with van der Waals surface area (Å²) in [6.07, 6.45) is 0. The Morgan fingerprint density at radius 2 is 1.68 bits per heavy atom. The second-order valence-electron chi connectivity index (χ2n) is 4.67. The lowest BCUT2D eigenvalue weighted by atomic mass is 10.3. The third-order valence-electron chi connectivity index (χ3n) is 2.74. The average molecular weight is 293 g/mol. The summed E-state index contributed by atoms with van der Waals surface area (Å²) in [6, 6.07) is 0. The fourth-order valence-electron chi connectivity index (χ4n) is 1.83. The van der Waals surface area contributed by atoms with E-state index in [1.54, 1.807) is 23.9 Å². The molecule has 1 heterocycles. The van der Waals surface area contributed by atoms with Crippen molar-refractivity contribution in [2.24, 2.45) is 0 Å². The second kappa shape index (κ2) is 6.31. The zero-order valence-corrected chi connectivity index (χ0v) is 11.9. The molecular weight excluding hydrogens is 274 g/mol. The van der Waals surface area contributed by atoms with E-state index in [9.17, 15) is 18.0 Å². The molecule has 1 fully saturated rings. The van der Waals surface area contributed by atoms with Gasteiger partial charge in [-0.15, -0.1) is 0 Å². The summed E-state index contributed by atoms with van der Waals surface area (Å²) in [5.74, 6) is -2.33. The highest BCUT2D eigenvalue weighted by atomic mass is 32.2. The van der Waals surface area contributed by atoms with Crippen molar-refractivity contribution in [1.29, 1.82) is 0 Å². The van der Waals surface area contributed by atoms with Crippen molar-refractivity contribution in [3.05, 3.63) is 0 Å². The number of likely N-dealkylation sites (N-methyl/N-ethyl adjacent to an activating group) is 1. The van der Waals surface area contributed by atoms with Crippen molar-refractivity contribution in [1.82, 2.24) is 14.1 Å². The Morgan fingerprint density at radius 1 is 1.16 bits per heavy atom. The zero-order valence-electron chi connectivity index (χ0n) is 11.1. The first-order chi connectivity index (χ1) is 8.72. The van der Waals surface area contributed by atoms with E-state index >= 15 is 0 Å². The minimum Gasteiger partial charge on any atom is -0.480 e. The van der Waals surface area contributed by atoms with Crippen LogP contribution in [0.5, 0.6) is 0 Å². The maximum Gasteiger partial charge on any atom is 0.320 e. The molecule has 0 aromatic rings. The Labute approximate surface area is 112 Å². The lowest BCUT2D eigenvalue weighted by Crippen LogP contribution is -2.52. The van der Waals surface area contributed by atoms with Gasteiger partial charge in [0.05, 0.1) is 6.54 Å². The first kappa shape index (κ1) is 15.9. The largest absolute Gasteiger partial charge is 0.480 e. The topological polar surface area (TPSA) is 98.2 Å². The van der Waals surface area contributed by atoms with Crippen molar-refractivity contribution < 1.29 is 23.1 Å². The van der Waals surface area contributed by atoms with Crippen LogP contribution in [0.1, 0.15) is 0 Å². The van der Waals surface area contributed by atoms with Gasteiger partial charge in [-0.05, 0) is 14.1 Å². The van der Waals surface area contributed by atoms with Gasteiger partial charge in [-0.25, -0.2) is 8.42 Å². The van der Waals surface area contributed by atoms with Crippen LogP contribution in [-0.2, 0) is 19.6 Å². The highest BCUT2D eigenvalue weighted by Gasteiger charge is 2.30. The van der Waals surface area contributed by atoms with Crippen molar-refractivity contribution >= 4 is 21.9 Å². The van der Waals surface area contributed by atoms with E-state index in [0.29, 0.717) is 13.1 Å². The number of carbonyl (C=O) groups excluding carboxylic acids is 1. The molecule has 19 heavy (non-hydrogen) atoms.